The Labute approximate surface area is 161 Å². The van der Waals surface area contributed by atoms with Crippen LogP contribution in [0.3, 0.4) is 0 Å². The number of carbonyl (C=O) groups is 1. The number of halogens is 2. The number of methoxy groups -OCH3 is 1. The number of carbonyl (C=O) groups excluding carboxylic acids is 1. The molecular weight excluding hydrogens is 377 g/mol. The molecule has 26 heavy (non-hydrogen) atoms. The predicted molar refractivity (Wildman–Crippen MR) is 103 cm³/mol. The molecule has 1 aliphatic rings. The fourth-order valence-corrected chi connectivity index (χ4v) is 3.78. The first-order valence-electron chi connectivity index (χ1n) is 8.03. The van der Waals surface area contributed by atoms with E-state index in [4.69, 9.17) is 16.3 Å². The maximum absolute atomic E-state index is 13.3. The number of nitrogens with one attached hydrogen (secondary N) is 2. The van der Waals surface area contributed by atoms with Crippen LogP contribution in [-0.4, -0.2) is 30.4 Å². The van der Waals surface area contributed by atoms with Crippen LogP contribution >= 0.6 is 23.7 Å². The van der Waals surface area contributed by atoms with E-state index >= 15 is 0 Å². The van der Waals surface area contributed by atoms with Crippen LogP contribution in [0.4, 0.5) is 10.1 Å². The molecule has 1 aliphatic heterocycles. The van der Waals surface area contributed by atoms with Crippen LogP contribution in [0, 0.1) is 5.82 Å². The van der Waals surface area contributed by atoms with Crippen molar-refractivity contribution >= 4 is 35.3 Å². The molecule has 2 aromatic rings. The third-order valence-corrected chi connectivity index (χ3v) is 5.44. The molecule has 0 spiro atoms. The Hall–Kier alpha value is -1.80. The highest BCUT2D eigenvalue weighted by molar-refractivity contribution is 7.95. The van der Waals surface area contributed by atoms with E-state index < -0.39 is 5.82 Å². The van der Waals surface area contributed by atoms with Crippen LogP contribution in [0.5, 0.6) is 5.75 Å². The number of anilines is 1. The molecule has 8 heteroatoms. The largest absolute Gasteiger partial charge is 0.497 e. The normalized spacial score (nSPS) is 20.6. The van der Waals surface area contributed by atoms with Gasteiger partial charge in [-0.1, -0.05) is 23.7 Å². The highest BCUT2D eigenvalue weighted by Crippen LogP contribution is 2.32. The molecule has 1 fully saturated rings. The minimum Gasteiger partial charge on any atom is -0.497 e. The van der Waals surface area contributed by atoms with E-state index in [1.165, 1.54) is 30.3 Å². The summed E-state index contributed by atoms with van der Waals surface area (Å²) in [5.41, 5.74) is 1.52. The molecule has 2 aromatic carbocycles. The van der Waals surface area contributed by atoms with Crippen molar-refractivity contribution in [1.29, 1.82) is 0 Å². The number of hydrogen-bond donors (Lipinski definition) is 2. The molecule has 1 heterocycles. The average Bonchev–Trinajstić information content (AvgIpc) is 2.65. The summed E-state index contributed by atoms with van der Waals surface area (Å²) in [5.74, 6) is 0.0875. The molecule has 2 atom stereocenters. The van der Waals surface area contributed by atoms with Crippen molar-refractivity contribution < 1.29 is 13.9 Å². The quantitative estimate of drug-likeness (QED) is 0.766. The van der Waals surface area contributed by atoms with E-state index in [1.54, 1.807) is 7.11 Å². The molecule has 2 N–H and O–H groups in total. The average molecular weight is 396 g/mol. The molecule has 1 amide bonds. The topological polar surface area (TPSA) is 53.6 Å². The van der Waals surface area contributed by atoms with E-state index in [-0.39, 0.29) is 23.0 Å². The summed E-state index contributed by atoms with van der Waals surface area (Å²) in [6.45, 7) is 0. The highest BCUT2D eigenvalue weighted by atomic mass is 35.5. The van der Waals surface area contributed by atoms with Gasteiger partial charge >= 0.3 is 0 Å². The maximum Gasteiger partial charge on any atom is 0.242 e. The summed E-state index contributed by atoms with van der Waals surface area (Å²) in [5, 5.41) is 2.78. The van der Waals surface area contributed by atoms with Gasteiger partial charge in [-0.25, -0.2) is 13.4 Å². The van der Waals surface area contributed by atoms with Gasteiger partial charge in [0.05, 0.1) is 12.1 Å². The van der Waals surface area contributed by atoms with E-state index in [0.717, 1.165) is 11.3 Å². The fraction of sp³-hybridized carbons (Fsp3) is 0.278. The van der Waals surface area contributed by atoms with Crippen LogP contribution in [0.2, 0.25) is 5.02 Å². The van der Waals surface area contributed by atoms with Gasteiger partial charge in [-0.3, -0.25) is 4.79 Å². The standard InChI is InChI=1S/C18H19ClFN3O2S/c1-23-17(18(24)21-12-6-7-15(20)14(19)9-12)10-16(22-26-23)11-4-3-5-13(8-11)25-2/h3-9,16-17,22H,10H2,1-2H3,(H,21,24)/t16-,17+/m0/s1. The van der Waals surface area contributed by atoms with E-state index in [1.807, 2.05) is 35.6 Å². The lowest BCUT2D eigenvalue weighted by Crippen LogP contribution is -2.46. The first kappa shape index (κ1) is 19.0. The van der Waals surface area contributed by atoms with Crippen molar-refractivity contribution in [3.63, 3.8) is 0 Å². The minimum atomic E-state index is -0.516. The van der Waals surface area contributed by atoms with Gasteiger partial charge in [0, 0.05) is 23.9 Å². The van der Waals surface area contributed by atoms with E-state index in [9.17, 15) is 9.18 Å². The summed E-state index contributed by atoms with van der Waals surface area (Å²) < 4.78 is 23.7. The first-order valence-corrected chi connectivity index (χ1v) is 9.18. The Kier molecular flexibility index (Phi) is 6.03. The number of ether oxygens (including phenoxy) is 1. The summed E-state index contributed by atoms with van der Waals surface area (Å²) in [6, 6.07) is 11.5. The van der Waals surface area contributed by atoms with Crippen LogP contribution < -0.4 is 14.8 Å². The van der Waals surface area contributed by atoms with Gasteiger partial charge in [-0.2, -0.15) is 0 Å². The molecule has 0 radical (unpaired) electrons. The third kappa shape index (κ3) is 4.29. The zero-order chi connectivity index (χ0) is 18.7. The van der Waals surface area contributed by atoms with Crippen molar-refractivity contribution in [2.45, 2.75) is 18.5 Å². The molecule has 0 unspecified atom stereocenters. The predicted octanol–water partition coefficient (Wildman–Crippen LogP) is 4.02. The summed E-state index contributed by atoms with van der Waals surface area (Å²) >= 11 is 7.16. The number of rotatable bonds is 4. The van der Waals surface area contributed by atoms with Gasteiger partial charge in [-0.15, -0.1) is 0 Å². The molecule has 0 saturated carbocycles. The van der Waals surface area contributed by atoms with Gasteiger partial charge < -0.3 is 10.1 Å². The SMILES string of the molecule is COc1cccc([C@@H]2C[C@H](C(=O)Nc3ccc(F)c(Cl)c3)N(C)SN2)c1. The van der Waals surface area contributed by atoms with Crippen molar-refractivity contribution in [2.75, 3.05) is 19.5 Å². The third-order valence-electron chi connectivity index (χ3n) is 4.22. The Balaban J connectivity index is 1.73. The Bertz CT molecular complexity index is 808. The van der Waals surface area contributed by atoms with Crippen molar-refractivity contribution in [2.24, 2.45) is 0 Å². The van der Waals surface area contributed by atoms with E-state index in [2.05, 4.69) is 10.0 Å². The molecule has 0 aromatic heterocycles. The van der Waals surface area contributed by atoms with Gasteiger partial charge in [-0.05, 0) is 49.4 Å². The second-order valence-corrected chi connectivity index (χ2v) is 7.36. The lowest BCUT2D eigenvalue weighted by atomic mass is 9.99. The number of nitrogens with zero attached hydrogens (tertiary/aromatic N) is 1. The van der Waals surface area contributed by atoms with Gasteiger partial charge in [0.15, 0.2) is 0 Å². The summed E-state index contributed by atoms with van der Waals surface area (Å²) in [4.78, 5) is 12.7. The Morgan fingerprint density at radius 2 is 2.19 bits per heavy atom. The summed E-state index contributed by atoms with van der Waals surface area (Å²) in [6.07, 6.45) is 0.581. The molecular formula is C18H19ClFN3O2S. The van der Waals surface area contributed by atoms with Crippen LogP contribution in [0.25, 0.3) is 0 Å². The first-order chi connectivity index (χ1) is 12.5. The number of benzene rings is 2. The molecule has 5 nitrogen and oxygen atoms in total. The van der Waals surface area contributed by atoms with Crippen LogP contribution in [-0.2, 0) is 4.79 Å². The van der Waals surface area contributed by atoms with Gasteiger partial charge in [0.25, 0.3) is 0 Å². The molecule has 138 valence electrons. The second-order valence-electron chi connectivity index (χ2n) is 5.95. The summed E-state index contributed by atoms with van der Waals surface area (Å²) in [7, 11) is 3.47. The van der Waals surface area contributed by atoms with Crippen molar-refractivity contribution in [1.82, 2.24) is 9.03 Å². The second kappa shape index (κ2) is 8.26. The number of amides is 1. The molecule has 0 bridgehead atoms. The van der Waals surface area contributed by atoms with Crippen LogP contribution in [0.15, 0.2) is 42.5 Å². The fourth-order valence-electron chi connectivity index (χ4n) is 2.76. The smallest absolute Gasteiger partial charge is 0.242 e. The monoisotopic (exact) mass is 395 g/mol. The Morgan fingerprint density at radius 3 is 2.92 bits per heavy atom. The van der Waals surface area contributed by atoms with Gasteiger partial charge in [0.1, 0.15) is 17.6 Å². The highest BCUT2D eigenvalue weighted by Gasteiger charge is 2.33. The molecule has 3 rings (SSSR count). The zero-order valence-corrected chi connectivity index (χ0v) is 15.9. The van der Waals surface area contributed by atoms with Crippen molar-refractivity contribution in [3.05, 3.63) is 58.9 Å². The van der Waals surface area contributed by atoms with E-state index in [0.29, 0.717) is 12.1 Å². The molecule has 1 saturated heterocycles. The minimum absolute atomic E-state index is 0.00106. The molecule has 0 aliphatic carbocycles. The maximum atomic E-state index is 13.3. The number of hydrogen-bond acceptors (Lipinski definition) is 5. The van der Waals surface area contributed by atoms with Crippen LogP contribution in [0.1, 0.15) is 18.0 Å². The Morgan fingerprint density at radius 1 is 1.38 bits per heavy atom. The van der Waals surface area contributed by atoms with Crippen molar-refractivity contribution in [3.8, 4) is 5.75 Å². The lowest BCUT2D eigenvalue weighted by Gasteiger charge is -2.35. The lowest BCUT2D eigenvalue weighted by molar-refractivity contribution is -0.119. The zero-order valence-electron chi connectivity index (χ0n) is 14.3. The number of likely N-dealkylation sites (N-methyl/N-ethyl adjacent to an activating group) is 1. The van der Waals surface area contributed by atoms with Gasteiger partial charge in [0.2, 0.25) is 5.91 Å².